The topological polar surface area (TPSA) is 87.5 Å². The molecule has 0 aliphatic heterocycles. The molecule has 0 spiro atoms. The van der Waals surface area contributed by atoms with Crippen molar-refractivity contribution in [2.75, 3.05) is 6.54 Å². The van der Waals surface area contributed by atoms with E-state index in [-0.39, 0.29) is 31.1 Å². The van der Waals surface area contributed by atoms with E-state index in [1.807, 2.05) is 24.0 Å². The van der Waals surface area contributed by atoms with E-state index in [9.17, 15) is 9.59 Å². The smallest absolute Gasteiger partial charge is 0.315 e. The molecule has 0 saturated heterocycles. The van der Waals surface area contributed by atoms with Crippen LogP contribution in [0.2, 0.25) is 0 Å². The Morgan fingerprint density at radius 2 is 2.16 bits per heavy atom. The molecule has 0 bridgehead atoms. The molecule has 2 N–H and O–H groups in total. The van der Waals surface area contributed by atoms with Gasteiger partial charge in [-0.3, -0.25) is 9.78 Å². The SMILES string of the molecule is CC(c1cccnc1)N(C(=O)CNC(=O)NCc1ccco1)C1CC1. The lowest BCUT2D eigenvalue weighted by atomic mass is 10.1. The van der Waals surface area contributed by atoms with Gasteiger partial charge < -0.3 is 20.0 Å². The average molecular weight is 342 g/mol. The summed E-state index contributed by atoms with van der Waals surface area (Å²) in [6.07, 6.45) is 7.04. The van der Waals surface area contributed by atoms with Crippen molar-refractivity contribution in [2.24, 2.45) is 0 Å². The van der Waals surface area contributed by atoms with E-state index in [2.05, 4.69) is 15.6 Å². The van der Waals surface area contributed by atoms with Crippen molar-refractivity contribution in [3.63, 3.8) is 0 Å². The second kappa shape index (κ2) is 7.83. The summed E-state index contributed by atoms with van der Waals surface area (Å²) in [6.45, 7) is 2.24. The third-order valence-electron chi connectivity index (χ3n) is 4.22. The number of carbonyl (C=O) groups is 2. The molecule has 1 aliphatic rings. The van der Waals surface area contributed by atoms with Gasteiger partial charge in [-0.15, -0.1) is 0 Å². The summed E-state index contributed by atoms with van der Waals surface area (Å²) in [4.78, 5) is 30.4. The molecule has 1 aliphatic carbocycles. The summed E-state index contributed by atoms with van der Waals surface area (Å²) < 4.78 is 5.14. The van der Waals surface area contributed by atoms with Crippen LogP contribution in [-0.4, -0.2) is 34.4 Å². The Kier molecular flexibility index (Phi) is 5.33. The second-order valence-electron chi connectivity index (χ2n) is 6.11. The van der Waals surface area contributed by atoms with Crippen LogP contribution in [0.15, 0.2) is 47.3 Å². The fourth-order valence-electron chi connectivity index (χ4n) is 2.76. The molecule has 1 unspecified atom stereocenters. The highest BCUT2D eigenvalue weighted by Gasteiger charge is 2.36. The van der Waals surface area contributed by atoms with E-state index >= 15 is 0 Å². The van der Waals surface area contributed by atoms with Crippen molar-refractivity contribution in [2.45, 2.75) is 38.4 Å². The zero-order valence-electron chi connectivity index (χ0n) is 14.1. The number of amides is 3. The lowest BCUT2D eigenvalue weighted by Crippen LogP contribution is -2.45. The first-order valence-electron chi connectivity index (χ1n) is 8.40. The molecular formula is C18H22N4O3. The van der Waals surface area contributed by atoms with Crippen molar-refractivity contribution in [3.8, 4) is 0 Å². The van der Waals surface area contributed by atoms with Gasteiger partial charge in [0, 0.05) is 18.4 Å². The third kappa shape index (κ3) is 4.59. The fraction of sp³-hybridized carbons (Fsp3) is 0.389. The highest BCUT2D eigenvalue weighted by Crippen LogP contribution is 2.34. The third-order valence-corrected chi connectivity index (χ3v) is 4.22. The molecule has 132 valence electrons. The summed E-state index contributed by atoms with van der Waals surface area (Å²) in [5.41, 5.74) is 0.991. The van der Waals surface area contributed by atoms with Crippen molar-refractivity contribution >= 4 is 11.9 Å². The van der Waals surface area contributed by atoms with Gasteiger partial charge in [-0.1, -0.05) is 6.07 Å². The van der Waals surface area contributed by atoms with Crippen molar-refractivity contribution < 1.29 is 14.0 Å². The summed E-state index contributed by atoms with van der Waals surface area (Å²) in [6, 6.07) is 7.14. The predicted octanol–water partition coefficient (Wildman–Crippen LogP) is 2.23. The lowest BCUT2D eigenvalue weighted by Gasteiger charge is -2.29. The minimum absolute atomic E-state index is 0.0366. The van der Waals surface area contributed by atoms with Gasteiger partial charge in [-0.25, -0.2) is 4.79 Å². The largest absolute Gasteiger partial charge is 0.467 e. The average Bonchev–Trinajstić information content (AvgIpc) is 3.32. The maximum Gasteiger partial charge on any atom is 0.315 e. The van der Waals surface area contributed by atoms with Crippen LogP contribution < -0.4 is 10.6 Å². The fourth-order valence-corrected chi connectivity index (χ4v) is 2.76. The zero-order valence-corrected chi connectivity index (χ0v) is 14.1. The Morgan fingerprint density at radius 1 is 1.32 bits per heavy atom. The first-order valence-corrected chi connectivity index (χ1v) is 8.40. The maximum absolute atomic E-state index is 12.6. The standard InChI is InChI=1S/C18H22N4O3/c1-13(14-4-2-8-19-10-14)22(15-6-7-15)17(23)12-21-18(24)20-11-16-5-3-9-25-16/h2-5,8-10,13,15H,6-7,11-12H2,1H3,(H2,20,21,24). The Hall–Kier alpha value is -2.83. The molecule has 1 saturated carbocycles. The van der Waals surface area contributed by atoms with Gasteiger partial charge in [0.25, 0.3) is 0 Å². The number of nitrogens with zero attached hydrogens (tertiary/aromatic N) is 2. The summed E-state index contributed by atoms with van der Waals surface area (Å²) in [5, 5.41) is 5.28. The molecule has 25 heavy (non-hydrogen) atoms. The van der Waals surface area contributed by atoms with Crippen LogP contribution in [0.3, 0.4) is 0 Å². The lowest BCUT2D eigenvalue weighted by molar-refractivity contribution is -0.132. The van der Waals surface area contributed by atoms with Crippen LogP contribution in [0.1, 0.15) is 37.1 Å². The minimum Gasteiger partial charge on any atom is -0.467 e. The van der Waals surface area contributed by atoms with Crippen LogP contribution in [0.25, 0.3) is 0 Å². The molecule has 7 nitrogen and oxygen atoms in total. The molecule has 2 heterocycles. The van der Waals surface area contributed by atoms with Gasteiger partial charge in [0.15, 0.2) is 0 Å². The van der Waals surface area contributed by atoms with Gasteiger partial charge in [0.05, 0.1) is 25.4 Å². The summed E-state index contributed by atoms with van der Waals surface area (Å²) in [7, 11) is 0. The number of hydrogen-bond acceptors (Lipinski definition) is 4. The van der Waals surface area contributed by atoms with Crippen molar-refractivity contribution in [1.82, 2.24) is 20.5 Å². The minimum atomic E-state index is -0.394. The predicted molar refractivity (Wildman–Crippen MR) is 91.5 cm³/mol. The number of furan rings is 1. The van der Waals surface area contributed by atoms with E-state index in [1.165, 1.54) is 0 Å². The normalized spacial score (nSPS) is 14.6. The highest BCUT2D eigenvalue weighted by molar-refractivity contribution is 5.84. The quantitative estimate of drug-likeness (QED) is 0.808. The second-order valence-corrected chi connectivity index (χ2v) is 6.11. The van der Waals surface area contributed by atoms with Gasteiger partial charge in [0.2, 0.25) is 5.91 Å². The number of urea groups is 1. The number of pyridine rings is 1. The summed E-state index contributed by atoms with van der Waals surface area (Å²) in [5.74, 6) is 0.568. The van der Waals surface area contributed by atoms with Gasteiger partial charge in [0.1, 0.15) is 5.76 Å². The number of nitrogens with one attached hydrogen (secondary N) is 2. The van der Waals surface area contributed by atoms with E-state index in [4.69, 9.17) is 4.42 Å². The van der Waals surface area contributed by atoms with E-state index in [1.54, 1.807) is 30.8 Å². The maximum atomic E-state index is 12.6. The van der Waals surface area contributed by atoms with Gasteiger partial charge in [-0.05, 0) is 43.5 Å². The van der Waals surface area contributed by atoms with Crippen LogP contribution >= 0.6 is 0 Å². The Morgan fingerprint density at radius 3 is 2.80 bits per heavy atom. The van der Waals surface area contributed by atoms with Crippen LogP contribution in [0.4, 0.5) is 4.79 Å². The van der Waals surface area contributed by atoms with E-state index < -0.39 is 6.03 Å². The number of carbonyl (C=O) groups excluding carboxylic acids is 2. The molecule has 7 heteroatoms. The molecule has 3 rings (SSSR count). The first-order chi connectivity index (χ1) is 12.1. The van der Waals surface area contributed by atoms with Gasteiger partial charge >= 0.3 is 6.03 Å². The van der Waals surface area contributed by atoms with Crippen LogP contribution in [0, 0.1) is 0 Å². The molecule has 0 radical (unpaired) electrons. The number of aromatic nitrogens is 1. The molecule has 1 atom stereocenters. The molecule has 0 aromatic carbocycles. The van der Waals surface area contributed by atoms with Gasteiger partial charge in [-0.2, -0.15) is 0 Å². The molecule has 3 amide bonds. The van der Waals surface area contributed by atoms with Crippen LogP contribution in [0.5, 0.6) is 0 Å². The zero-order chi connectivity index (χ0) is 17.6. The Balaban J connectivity index is 1.52. The first kappa shape index (κ1) is 17.0. The monoisotopic (exact) mass is 342 g/mol. The Bertz CT molecular complexity index is 698. The molecule has 2 aromatic rings. The van der Waals surface area contributed by atoms with E-state index in [0.29, 0.717) is 5.76 Å². The molecule has 1 fully saturated rings. The number of hydrogen-bond donors (Lipinski definition) is 2. The van der Waals surface area contributed by atoms with Crippen molar-refractivity contribution in [1.29, 1.82) is 0 Å². The van der Waals surface area contributed by atoms with Crippen LogP contribution in [-0.2, 0) is 11.3 Å². The highest BCUT2D eigenvalue weighted by atomic mass is 16.3. The molecule has 2 aromatic heterocycles. The number of rotatable bonds is 7. The molecular weight excluding hydrogens is 320 g/mol. The van der Waals surface area contributed by atoms with E-state index in [0.717, 1.165) is 18.4 Å². The summed E-state index contributed by atoms with van der Waals surface area (Å²) >= 11 is 0. The van der Waals surface area contributed by atoms with Crippen molar-refractivity contribution in [3.05, 3.63) is 54.2 Å². The Labute approximate surface area is 146 Å².